The van der Waals surface area contributed by atoms with Gasteiger partial charge in [-0.05, 0) is 0 Å². The van der Waals surface area contributed by atoms with E-state index < -0.39 is 0 Å². The summed E-state index contributed by atoms with van der Waals surface area (Å²) < 4.78 is 16.1. The molecular formula is CH8Cl2O2P2. The maximum atomic E-state index is 8.06. The zero-order chi connectivity index (χ0) is 4.00. The van der Waals surface area contributed by atoms with E-state index in [4.69, 9.17) is 9.13 Å². The zero-order valence-electron chi connectivity index (χ0n) is 2.63. The quantitative estimate of drug-likeness (QED) is 0.543. The molecule has 0 bridgehead atoms. The first-order valence-electron chi connectivity index (χ1n) is 0.408. The van der Waals surface area contributed by atoms with Gasteiger partial charge < -0.3 is 0 Å². The van der Waals surface area contributed by atoms with Crippen molar-refractivity contribution >= 4 is 43.1 Å². The van der Waals surface area contributed by atoms with E-state index in [9.17, 15) is 0 Å². The second-order valence-electron chi connectivity index (χ2n) is 0. The highest BCUT2D eigenvalue weighted by Crippen LogP contribution is 1.23. The lowest BCUT2D eigenvalue weighted by atomic mass is 12.0. The predicted octanol–water partition coefficient (Wildman–Crippen LogP) is 2.43. The average Bonchev–Trinajstić information content (AvgIpc) is 1.50. The highest BCUT2D eigenvalue weighted by Gasteiger charge is 0.669. The van der Waals surface area contributed by atoms with Crippen LogP contribution < -0.4 is 0 Å². The molecule has 0 atom stereocenters. The summed E-state index contributed by atoms with van der Waals surface area (Å²) >= 11 is 0. The minimum atomic E-state index is 0. The van der Waals surface area contributed by atoms with Crippen molar-refractivity contribution in [2.24, 2.45) is 0 Å². The molecule has 7 heavy (non-hydrogen) atoms. The van der Waals surface area contributed by atoms with E-state index in [1.54, 1.807) is 18.2 Å². The molecule has 0 aromatic rings. The van der Waals surface area contributed by atoms with Crippen molar-refractivity contribution in [3.05, 3.63) is 0 Å². The normalized spacial score (nSPS) is 1.14. The van der Waals surface area contributed by atoms with Gasteiger partial charge >= 0.3 is 0 Å². The number of hydrogen-bond acceptors (Lipinski definition) is 2. The minimum Gasteiger partial charge on any atom is -0.279 e. The Morgan fingerprint density at radius 1 is 0.714 bits per heavy atom. The third-order valence-corrected chi connectivity index (χ3v) is 0. The third-order valence-electron chi connectivity index (χ3n) is 0. The number of halogens is 2. The Kier molecular flexibility index (Phi) is 2460. The molecule has 0 aliphatic carbocycles. The molecule has 0 aliphatic heterocycles. The van der Waals surface area contributed by atoms with Crippen LogP contribution in [0.4, 0.5) is 0 Å². The molecule has 0 heterocycles. The molecular weight excluding hydrogens is 177 g/mol. The van der Waals surface area contributed by atoms with E-state index in [0.717, 1.165) is 0 Å². The monoisotopic (exact) mass is 184 g/mol. The van der Waals surface area contributed by atoms with E-state index in [0.29, 0.717) is 0 Å². The Morgan fingerprint density at radius 3 is 0.714 bits per heavy atom. The molecule has 2 nitrogen and oxygen atoms in total. The Labute approximate surface area is 60.1 Å². The van der Waals surface area contributed by atoms with Crippen LogP contribution in [0.25, 0.3) is 0 Å². The van der Waals surface area contributed by atoms with Crippen LogP contribution in [-0.2, 0) is 9.13 Å². The fourth-order valence-electron chi connectivity index (χ4n) is 0. The molecule has 0 amide bonds. The Morgan fingerprint density at radius 2 is 0.714 bits per heavy atom. The largest absolute Gasteiger partial charge is 0.279 e. The molecule has 0 N–H and O–H groups in total. The standard InChI is InChI=1S/CH4.2ClH.2HOP/c;;;2*1-2/h1H4;2*1H;2*2H. The molecule has 0 aliphatic rings. The summed E-state index contributed by atoms with van der Waals surface area (Å²) in [5, 5.41) is 0. The lowest BCUT2D eigenvalue weighted by Gasteiger charge is -0.807. The topological polar surface area (TPSA) is 34.1 Å². The number of rotatable bonds is 0. The van der Waals surface area contributed by atoms with Crippen molar-refractivity contribution < 1.29 is 9.13 Å². The molecule has 0 radical (unpaired) electrons. The van der Waals surface area contributed by atoms with E-state index in [1.165, 1.54) is 0 Å². The smallest absolute Gasteiger partial charge is 0.138 e. The number of hydrogen-bond donors (Lipinski definition) is 0. The lowest BCUT2D eigenvalue weighted by Crippen LogP contribution is -0.489. The highest BCUT2D eigenvalue weighted by molar-refractivity contribution is 7.00. The van der Waals surface area contributed by atoms with Gasteiger partial charge in [0.2, 0.25) is 0 Å². The second kappa shape index (κ2) is 372. The van der Waals surface area contributed by atoms with Gasteiger partial charge in [0.25, 0.3) is 0 Å². The molecule has 0 spiro atoms. The van der Waals surface area contributed by atoms with Gasteiger partial charge in [-0.1, -0.05) is 7.43 Å². The van der Waals surface area contributed by atoms with Gasteiger partial charge in [-0.15, -0.1) is 24.8 Å². The molecule has 0 unspecified atom stereocenters. The molecule has 0 rings (SSSR count). The van der Waals surface area contributed by atoms with Crippen molar-refractivity contribution in [2.75, 3.05) is 0 Å². The van der Waals surface area contributed by atoms with Gasteiger partial charge in [-0.2, -0.15) is 0 Å². The van der Waals surface area contributed by atoms with Crippen LogP contribution in [0, 0.1) is 0 Å². The van der Waals surface area contributed by atoms with Crippen LogP contribution in [0.15, 0.2) is 0 Å². The Balaban J connectivity index is -0.00000000267. The van der Waals surface area contributed by atoms with E-state index >= 15 is 0 Å². The molecule has 0 saturated heterocycles. The van der Waals surface area contributed by atoms with Gasteiger partial charge in [0.15, 0.2) is 0 Å². The minimum absolute atomic E-state index is 0. The maximum absolute atomic E-state index is 8.06. The van der Waals surface area contributed by atoms with Crippen LogP contribution >= 0.6 is 43.1 Å². The molecule has 48 valence electrons. The fourth-order valence-corrected chi connectivity index (χ4v) is 0. The van der Waals surface area contributed by atoms with E-state index in [1.807, 2.05) is 0 Å². The first-order chi connectivity index (χ1) is 2.00. The highest BCUT2D eigenvalue weighted by atomic mass is 35.5. The Hall–Kier alpha value is 0.780. The van der Waals surface area contributed by atoms with Crippen molar-refractivity contribution in [2.45, 2.75) is 7.43 Å². The van der Waals surface area contributed by atoms with Crippen LogP contribution in [-0.4, -0.2) is 0 Å². The summed E-state index contributed by atoms with van der Waals surface area (Å²) in [6.45, 7) is 0. The predicted molar refractivity (Wildman–Crippen MR) is 39.2 cm³/mol. The fraction of sp³-hybridized carbons (Fsp3) is 1.00. The van der Waals surface area contributed by atoms with Crippen LogP contribution in [0.5, 0.6) is 0 Å². The van der Waals surface area contributed by atoms with Crippen molar-refractivity contribution in [3.8, 4) is 0 Å². The van der Waals surface area contributed by atoms with Gasteiger partial charge in [0.1, 0.15) is 18.2 Å². The molecule has 6 heteroatoms. The maximum Gasteiger partial charge on any atom is 0.138 e. The van der Waals surface area contributed by atoms with Crippen LogP contribution in [0.1, 0.15) is 7.43 Å². The summed E-state index contributed by atoms with van der Waals surface area (Å²) in [6.07, 6.45) is 0. The second-order valence-corrected chi connectivity index (χ2v) is 0. The SMILES string of the molecule is C.Cl.Cl.O=P.O=P. The zero-order valence-corrected chi connectivity index (χ0v) is 6.27. The van der Waals surface area contributed by atoms with Gasteiger partial charge in [-0.3, -0.25) is 9.13 Å². The summed E-state index contributed by atoms with van der Waals surface area (Å²) in [5.74, 6) is 0. The van der Waals surface area contributed by atoms with Crippen molar-refractivity contribution in [3.63, 3.8) is 0 Å². The average molecular weight is 185 g/mol. The van der Waals surface area contributed by atoms with E-state index in [2.05, 4.69) is 0 Å². The Bertz CT molecular complexity index is 15.7. The van der Waals surface area contributed by atoms with Gasteiger partial charge in [0.05, 0.1) is 0 Å². The first-order valence-corrected chi connectivity index (χ1v) is 1.22. The summed E-state index contributed by atoms with van der Waals surface area (Å²) in [6, 6.07) is 0. The summed E-state index contributed by atoms with van der Waals surface area (Å²) in [5.41, 5.74) is 0. The van der Waals surface area contributed by atoms with Crippen LogP contribution in [0.2, 0.25) is 0 Å². The first kappa shape index (κ1) is 46.3. The molecule has 0 saturated carbocycles. The molecule has 0 aromatic carbocycles. The third kappa shape index (κ3) is 255. The molecule has 0 aromatic heterocycles. The molecule has 0 fully saturated rings. The van der Waals surface area contributed by atoms with Crippen LogP contribution in [0.3, 0.4) is 0 Å². The summed E-state index contributed by atoms with van der Waals surface area (Å²) in [4.78, 5) is 0. The summed E-state index contributed by atoms with van der Waals surface area (Å²) in [7, 11) is 3.44. The van der Waals surface area contributed by atoms with Gasteiger partial charge in [-0.25, -0.2) is 0 Å². The van der Waals surface area contributed by atoms with E-state index in [-0.39, 0.29) is 32.2 Å². The van der Waals surface area contributed by atoms with Gasteiger partial charge in [0, 0.05) is 0 Å². The van der Waals surface area contributed by atoms with Crippen molar-refractivity contribution in [1.29, 1.82) is 0 Å². The lowest BCUT2D eigenvalue weighted by molar-refractivity contribution is 0.607. The van der Waals surface area contributed by atoms with Crippen molar-refractivity contribution in [1.82, 2.24) is 0 Å².